The van der Waals surface area contributed by atoms with Gasteiger partial charge in [-0.1, -0.05) is 26.8 Å². The molecule has 1 heterocycles. The van der Waals surface area contributed by atoms with Gasteiger partial charge in [-0.15, -0.1) is 6.58 Å². The quantitative estimate of drug-likeness (QED) is 0.626. The molecule has 0 saturated carbocycles. The molecule has 1 rings (SSSR count). The highest BCUT2D eigenvalue weighted by atomic mass is 28.4. The third-order valence-electron chi connectivity index (χ3n) is 4.20. The maximum absolute atomic E-state index is 10.4. The van der Waals surface area contributed by atoms with E-state index in [9.17, 15) is 5.11 Å². The van der Waals surface area contributed by atoms with E-state index < -0.39 is 26.3 Å². The van der Waals surface area contributed by atoms with E-state index >= 15 is 0 Å². The number of ether oxygens (including phenoxy) is 2. The highest BCUT2D eigenvalue weighted by molar-refractivity contribution is 6.74. The van der Waals surface area contributed by atoms with Crippen LogP contribution >= 0.6 is 0 Å². The van der Waals surface area contributed by atoms with Crippen LogP contribution in [0, 0.1) is 0 Å². The molecule has 4 nitrogen and oxygen atoms in total. The van der Waals surface area contributed by atoms with Gasteiger partial charge in [-0.05, 0) is 32.0 Å². The van der Waals surface area contributed by atoms with Crippen LogP contribution in [0.4, 0.5) is 0 Å². The molecule has 0 aromatic carbocycles. The lowest BCUT2D eigenvalue weighted by Crippen LogP contribution is -2.46. The number of aliphatic hydroxyl groups is 1. The van der Waals surface area contributed by atoms with Crippen molar-refractivity contribution in [3.05, 3.63) is 12.7 Å². The van der Waals surface area contributed by atoms with Gasteiger partial charge in [-0.3, -0.25) is 0 Å². The van der Waals surface area contributed by atoms with Gasteiger partial charge in [0.25, 0.3) is 0 Å². The van der Waals surface area contributed by atoms with E-state index in [2.05, 4.69) is 40.4 Å². The first-order valence-electron chi connectivity index (χ1n) is 7.20. The van der Waals surface area contributed by atoms with E-state index in [1.165, 1.54) is 0 Å². The van der Waals surface area contributed by atoms with Crippen molar-refractivity contribution in [3.63, 3.8) is 0 Å². The predicted molar refractivity (Wildman–Crippen MR) is 83.2 cm³/mol. The third kappa shape index (κ3) is 4.15. The van der Waals surface area contributed by atoms with Crippen molar-refractivity contribution in [1.82, 2.24) is 0 Å². The van der Waals surface area contributed by atoms with E-state index in [1.807, 2.05) is 13.8 Å². The van der Waals surface area contributed by atoms with Crippen LogP contribution in [0.1, 0.15) is 34.6 Å². The van der Waals surface area contributed by atoms with E-state index in [1.54, 1.807) is 6.08 Å². The Labute approximate surface area is 124 Å². The molecule has 0 aliphatic carbocycles. The Hall–Kier alpha value is -0.203. The van der Waals surface area contributed by atoms with Crippen molar-refractivity contribution < 1.29 is 19.0 Å². The van der Waals surface area contributed by atoms with Gasteiger partial charge in [0.2, 0.25) is 0 Å². The van der Waals surface area contributed by atoms with Gasteiger partial charge in [-0.2, -0.15) is 0 Å². The van der Waals surface area contributed by atoms with Crippen LogP contribution in [-0.2, 0) is 13.9 Å². The van der Waals surface area contributed by atoms with Crippen molar-refractivity contribution >= 4 is 8.32 Å². The van der Waals surface area contributed by atoms with Gasteiger partial charge >= 0.3 is 0 Å². The van der Waals surface area contributed by atoms with Crippen molar-refractivity contribution in [2.24, 2.45) is 0 Å². The summed E-state index contributed by atoms with van der Waals surface area (Å²) in [5.41, 5.74) is 0. The maximum Gasteiger partial charge on any atom is 0.192 e. The molecule has 1 fully saturated rings. The van der Waals surface area contributed by atoms with Crippen LogP contribution in [0.5, 0.6) is 0 Å². The minimum Gasteiger partial charge on any atom is -0.414 e. The second kappa shape index (κ2) is 5.89. The van der Waals surface area contributed by atoms with Crippen LogP contribution in [0.25, 0.3) is 0 Å². The highest BCUT2D eigenvalue weighted by Gasteiger charge is 2.44. The summed E-state index contributed by atoms with van der Waals surface area (Å²) >= 11 is 0. The Morgan fingerprint density at radius 2 is 1.90 bits per heavy atom. The van der Waals surface area contributed by atoms with E-state index in [0.29, 0.717) is 0 Å². The number of hydrogen-bond acceptors (Lipinski definition) is 4. The monoisotopic (exact) mass is 302 g/mol. The second-order valence-corrected chi connectivity index (χ2v) is 12.2. The highest BCUT2D eigenvalue weighted by Crippen LogP contribution is 2.37. The first-order chi connectivity index (χ1) is 8.89. The fraction of sp³-hybridized carbons (Fsp3) is 0.867. The Morgan fingerprint density at radius 1 is 1.35 bits per heavy atom. The average Bonchev–Trinajstić information content (AvgIpc) is 2.60. The SMILES string of the molecule is C=C[C@H]1OC(C)(C)O[C@H]1[C@H](O)CO[Si](C)(C)C(C)(C)C. The lowest BCUT2D eigenvalue weighted by atomic mass is 10.1. The van der Waals surface area contributed by atoms with Crippen LogP contribution in [-0.4, -0.2) is 44.1 Å². The molecule has 1 saturated heterocycles. The summed E-state index contributed by atoms with van der Waals surface area (Å²) in [6.07, 6.45) is 0.235. The van der Waals surface area contributed by atoms with Gasteiger partial charge in [0.15, 0.2) is 14.1 Å². The molecule has 0 bridgehead atoms. The summed E-state index contributed by atoms with van der Waals surface area (Å²) in [6, 6.07) is 0. The summed E-state index contributed by atoms with van der Waals surface area (Å²) < 4.78 is 17.5. The van der Waals surface area contributed by atoms with Gasteiger partial charge in [0.1, 0.15) is 18.3 Å². The number of rotatable bonds is 5. The number of hydrogen-bond donors (Lipinski definition) is 1. The zero-order chi connectivity index (χ0) is 15.8. The molecule has 0 aromatic rings. The molecule has 20 heavy (non-hydrogen) atoms. The molecule has 0 spiro atoms. The summed E-state index contributed by atoms with van der Waals surface area (Å²) in [5.74, 6) is -0.693. The Bertz CT molecular complexity index is 346. The molecular formula is C15H30O4Si. The van der Waals surface area contributed by atoms with E-state index in [4.69, 9.17) is 13.9 Å². The van der Waals surface area contributed by atoms with Crippen molar-refractivity contribution in [3.8, 4) is 0 Å². The topological polar surface area (TPSA) is 47.9 Å². The Kier molecular flexibility index (Phi) is 5.25. The minimum atomic E-state index is -1.87. The fourth-order valence-electron chi connectivity index (χ4n) is 1.90. The Balaban J connectivity index is 2.63. The molecule has 0 amide bonds. The lowest BCUT2D eigenvalue weighted by Gasteiger charge is -2.37. The van der Waals surface area contributed by atoms with Gasteiger partial charge < -0.3 is 19.0 Å². The van der Waals surface area contributed by atoms with E-state index in [-0.39, 0.29) is 17.7 Å². The van der Waals surface area contributed by atoms with Gasteiger partial charge in [0.05, 0.1) is 6.61 Å². The minimum absolute atomic E-state index is 0.122. The molecule has 118 valence electrons. The smallest absolute Gasteiger partial charge is 0.192 e. The second-order valence-electron chi connectivity index (χ2n) is 7.44. The molecule has 1 N–H and O–H groups in total. The van der Waals surface area contributed by atoms with Crippen LogP contribution in [0.2, 0.25) is 18.1 Å². The molecular weight excluding hydrogens is 272 g/mol. The molecule has 5 heteroatoms. The molecule has 0 unspecified atom stereocenters. The molecule has 1 aliphatic heterocycles. The van der Waals surface area contributed by atoms with E-state index in [0.717, 1.165) is 0 Å². The molecule has 3 atom stereocenters. The normalized spacial score (nSPS) is 28.4. The van der Waals surface area contributed by atoms with Crippen LogP contribution in [0.15, 0.2) is 12.7 Å². The van der Waals surface area contributed by atoms with Gasteiger partial charge in [0, 0.05) is 0 Å². The maximum atomic E-state index is 10.4. The standard InChI is InChI=1S/C15H30O4Si/c1-9-12-13(19-15(5,6)18-12)11(16)10-17-20(7,8)14(2,3)4/h9,11-13,16H,1,10H2,2-8H3/t11-,12-,13+/m1/s1. The summed E-state index contributed by atoms with van der Waals surface area (Å²) in [6.45, 7) is 18.6. The van der Waals surface area contributed by atoms with Crippen molar-refractivity contribution in [1.29, 1.82) is 0 Å². The first-order valence-corrected chi connectivity index (χ1v) is 10.1. The van der Waals surface area contributed by atoms with Crippen LogP contribution in [0.3, 0.4) is 0 Å². The first kappa shape index (κ1) is 17.8. The lowest BCUT2D eigenvalue weighted by molar-refractivity contribution is -0.155. The van der Waals surface area contributed by atoms with Crippen molar-refractivity contribution in [2.75, 3.05) is 6.61 Å². The third-order valence-corrected chi connectivity index (χ3v) is 8.70. The van der Waals surface area contributed by atoms with Gasteiger partial charge in [-0.25, -0.2) is 0 Å². The van der Waals surface area contributed by atoms with Crippen LogP contribution < -0.4 is 0 Å². The number of aliphatic hydroxyl groups excluding tert-OH is 1. The predicted octanol–water partition coefficient (Wildman–Crippen LogP) is 3.08. The van der Waals surface area contributed by atoms with Crippen molar-refractivity contribution in [2.45, 2.75) is 76.8 Å². The largest absolute Gasteiger partial charge is 0.414 e. The fourth-order valence-corrected chi connectivity index (χ4v) is 2.92. The molecule has 0 aromatic heterocycles. The zero-order valence-electron chi connectivity index (χ0n) is 13.9. The zero-order valence-corrected chi connectivity index (χ0v) is 14.9. The average molecular weight is 302 g/mol. The Morgan fingerprint density at radius 3 is 2.35 bits per heavy atom. The molecule has 0 radical (unpaired) electrons. The summed E-state index contributed by atoms with van der Waals surface area (Å²) in [5, 5.41) is 10.5. The summed E-state index contributed by atoms with van der Waals surface area (Å²) in [7, 11) is -1.87. The summed E-state index contributed by atoms with van der Waals surface area (Å²) in [4.78, 5) is 0. The molecule has 1 aliphatic rings.